The lowest BCUT2D eigenvalue weighted by Gasteiger charge is -2.34. The van der Waals surface area contributed by atoms with Gasteiger partial charge in [0.2, 0.25) is 5.82 Å². The lowest BCUT2D eigenvalue weighted by Crippen LogP contribution is -2.42. The van der Waals surface area contributed by atoms with Crippen LogP contribution in [0, 0.1) is 16.0 Å². The summed E-state index contributed by atoms with van der Waals surface area (Å²) in [6.45, 7) is 3.02. The number of aliphatic hydroxyl groups excluding tert-OH is 1. The Bertz CT molecular complexity index is 469. The molecule has 98 valence electrons. The highest BCUT2D eigenvalue weighted by Gasteiger charge is 2.29. The van der Waals surface area contributed by atoms with Crippen LogP contribution in [-0.4, -0.2) is 34.2 Å². The minimum Gasteiger partial charge on any atom is -0.393 e. The highest BCUT2D eigenvalue weighted by molar-refractivity contribution is 6.30. The Morgan fingerprint density at radius 1 is 1.67 bits per heavy atom. The van der Waals surface area contributed by atoms with Crippen molar-refractivity contribution in [2.24, 2.45) is 5.92 Å². The minimum atomic E-state index is -0.482. The van der Waals surface area contributed by atoms with Crippen LogP contribution in [-0.2, 0) is 0 Å². The number of nitrogens with zero attached hydrogens (tertiary/aromatic N) is 3. The van der Waals surface area contributed by atoms with E-state index in [9.17, 15) is 15.2 Å². The fourth-order valence-electron chi connectivity index (χ4n) is 2.12. The summed E-state index contributed by atoms with van der Waals surface area (Å²) >= 11 is 5.73. The van der Waals surface area contributed by atoms with Gasteiger partial charge in [-0.05, 0) is 12.3 Å². The topological polar surface area (TPSA) is 79.5 Å². The van der Waals surface area contributed by atoms with Gasteiger partial charge in [-0.2, -0.15) is 0 Å². The molecule has 1 aromatic heterocycles. The number of piperidine rings is 1. The van der Waals surface area contributed by atoms with Crippen molar-refractivity contribution in [3.63, 3.8) is 0 Å². The molecule has 0 amide bonds. The lowest BCUT2D eigenvalue weighted by molar-refractivity contribution is -0.384. The zero-order valence-corrected chi connectivity index (χ0v) is 10.7. The van der Waals surface area contributed by atoms with Crippen LogP contribution < -0.4 is 4.90 Å². The normalized spacial score (nSPS) is 24.1. The quantitative estimate of drug-likeness (QED) is 0.656. The van der Waals surface area contributed by atoms with Gasteiger partial charge in [-0.15, -0.1) is 0 Å². The number of anilines is 1. The van der Waals surface area contributed by atoms with E-state index in [0.29, 0.717) is 25.3 Å². The van der Waals surface area contributed by atoms with E-state index in [2.05, 4.69) is 4.98 Å². The molecule has 1 fully saturated rings. The zero-order chi connectivity index (χ0) is 13.3. The number of hydrogen-bond donors (Lipinski definition) is 1. The Hall–Kier alpha value is -1.40. The number of rotatable bonds is 2. The molecular weight excluding hydrogens is 258 g/mol. The zero-order valence-electron chi connectivity index (χ0n) is 9.91. The van der Waals surface area contributed by atoms with E-state index < -0.39 is 4.92 Å². The van der Waals surface area contributed by atoms with Gasteiger partial charge < -0.3 is 10.0 Å². The summed E-state index contributed by atoms with van der Waals surface area (Å²) in [5.41, 5.74) is -0.0916. The summed E-state index contributed by atoms with van der Waals surface area (Å²) in [5.74, 6) is 0.388. The van der Waals surface area contributed by atoms with Crippen molar-refractivity contribution in [2.45, 2.75) is 19.4 Å². The average Bonchev–Trinajstić information content (AvgIpc) is 2.32. The smallest absolute Gasteiger partial charge is 0.313 e. The number of pyridine rings is 1. The molecule has 0 radical (unpaired) electrons. The number of nitro groups is 1. The van der Waals surface area contributed by atoms with Crippen LogP contribution in [0.15, 0.2) is 12.3 Å². The SMILES string of the molecule is CC1CN(c2ncc(Cl)cc2[N+](=O)[O-])CCC1O. The largest absolute Gasteiger partial charge is 0.393 e. The van der Waals surface area contributed by atoms with Crippen LogP contribution in [0.4, 0.5) is 11.5 Å². The molecule has 0 aliphatic carbocycles. The third-order valence-electron chi connectivity index (χ3n) is 3.17. The van der Waals surface area contributed by atoms with Crippen molar-refractivity contribution in [1.82, 2.24) is 4.98 Å². The van der Waals surface area contributed by atoms with Crippen molar-refractivity contribution in [3.05, 3.63) is 27.4 Å². The molecule has 1 saturated heterocycles. The molecule has 2 rings (SSSR count). The third kappa shape index (κ3) is 2.54. The molecule has 2 heterocycles. The molecule has 2 unspecified atom stereocenters. The maximum atomic E-state index is 11.0. The molecule has 0 bridgehead atoms. The van der Waals surface area contributed by atoms with Crippen LogP contribution in [0.5, 0.6) is 0 Å². The molecular formula is C11H14ClN3O3. The van der Waals surface area contributed by atoms with Gasteiger partial charge in [0.1, 0.15) is 0 Å². The van der Waals surface area contributed by atoms with E-state index in [1.165, 1.54) is 12.3 Å². The molecule has 1 aliphatic heterocycles. The third-order valence-corrected chi connectivity index (χ3v) is 3.38. The molecule has 1 aliphatic rings. The van der Waals surface area contributed by atoms with Crippen LogP contribution in [0.2, 0.25) is 5.02 Å². The predicted molar refractivity (Wildman–Crippen MR) is 67.9 cm³/mol. The van der Waals surface area contributed by atoms with Crippen molar-refractivity contribution in [2.75, 3.05) is 18.0 Å². The summed E-state index contributed by atoms with van der Waals surface area (Å²) in [6, 6.07) is 1.31. The van der Waals surface area contributed by atoms with Gasteiger partial charge >= 0.3 is 5.69 Å². The summed E-state index contributed by atoms with van der Waals surface area (Å²) in [6.07, 6.45) is 1.63. The molecule has 7 heteroatoms. The van der Waals surface area contributed by atoms with Gasteiger partial charge in [-0.1, -0.05) is 18.5 Å². The van der Waals surface area contributed by atoms with Gasteiger partial charge in [0.15, 0.2) is 0 Å². The lowest BCUT2D eigenvalue weighted by atomic mass is 9.97. The second kappa shape index (κ2) is 5.07. The van der Waals surface area contributed by atoms with E-state index >= 15 is 0 Å². The molecule has 0 saturated carbocycles. The van der Waals surface area contributed by atoms with Crippen LogP contribution >= 0.6 is 11.6 Å². The molecule has 0 spiro atoms. The second-order valence-electron chi connectivity index (χ2n) is 4.53. The number of halogens is 1. The van der Waals surface area contributed by atoms with Crippen LogP contribution in [0.25, 0.3) is 0 Å². The molecule has 2 atom stereocenters. The van der Waals surface area contributed by atoms with E-state index in [-0.39, 0.29) is 22.7 Å². The Kier molecular flexibility index (Phi) is 3.68. The molecule has 6 nitrogen and oxygen atoms in total. The number of hydrogen-bond acceptors (Lipinski definition) is 5. The van der Waals surface area contributed by atoms with Gasteiger partial charge in [0.25, 0.3) is 0 Å². The fraction of sp³-hybridized carbons (Fsp3) is 0.545. The van der Waals surface area contributed by atoms with Gasteiger partial charge in [-0.3, -0.25) is 10.1 Å². The Balaban J connectivity index is 2.30. The summed E-state index contributed by atoms with van der Waals surface area (Å²) in [5, 5.41) is 20.9. The van der Waals surface area contributed by atoms with E-state index in [0.717, 1.165) is 0 Å². The van der Waals surface area contributed by atoms with Crippen LogP contribution in [0.3, 0.4) is 0 Å². The van der Waals surface area contributed by atoms with Crippen molar-refractivity contribution < 1.29 is 10.0 Å². The fourth-order valence-corrected chi connectivity index (χ4v) is 2.28. The molecule has 0 aromatic carbocycles. The van der Waals surface area contributed by atoms with E-state index in [1.807, 2.05) is 11.8 Å². The monoisotopic (exact) mass is 271 g/mol. The summed E-state index contributed by atoms with van der Waals surface area (Å²) < 4.78 is 0. The predicted octanol–water partition coefficient (Wildman–Crippen LogP) is 1.85. The molecule has 18 heavy (non-hydrogen) atoms. The van der Waals surface area contributed by atoms with Gasteiger partial charge in [-0.25, -0.2) is 4.98 Å². The highest BCUT2D eigenvalue weighted by Crippen LogP contribution is 2.31. The summed E-state index contributed by atoms with van der Waals surface area (Å²) in [7, 11) is 0. The van der Waals surface area contributed by atoms with Gasteiger partial charge in [0, 0.05) is 25.4 Å². The summed E-state index contributed by atoms with van der Waals surface area (Å²) in [4.78, 5) is 16.4. The average molecular weight is 272 g/mol. The Morgan fingerprint density at radius 2 is 2.39 bits per heavy atom. The first-order valence-electron chi connectivity index (χ1n) is 5.72. The van der Waals surface area contributed by atoms with Crippen molar-refractivity contribution in [3.8, 4) is 0 Å². The standard InChI is InChI=1S/C11H14ClN3O3/c1-7-6-14(3-2-10(7)16)11-9(15(17)18)4-8(12)5-13-11/h4-5,7,10,16H,2-3,6H2,1H3. The van der Waals surface area contributed by atoms with E-state index in [1.54, 1.807) is 0 Å². The van der Waals surface area contributed by atoms with Crippen molar-refractivity contribution >= 4 is 23.1 Å². The molecule has 1 aromatic rings. The maximum Gasteiger partial charge on any atom is 0.313 e. The van der Waals surface area contributed by atoms with Crippen LogP contribution in [0.1, 0.15) is 13.3 Å². The van der Waals surface area contributed by atoms with Gasteiger partial charge in [0.05, 0.1) is 16.0 Å². The first-order valence-corrected chi connectivity index (χ1v) is 6.09. The number of aromatic nitrogens is 1. The van der Waals surface area contributed by atoms with E-state index in [4.69, 9.17) is 11.6 Å². The Labute approximate surface area is 109 Å². The Morgan fingerprint density at radius 3 is 3.00 bits per heavy atom. The highest BCUT2D eigenvalue weighted by atomic mass is 35.5. The first kappa shape index (κ1) is 13.0. The minimum absolute atomic E-state index is 0.0656. The first-order chi connectivity index (χ1) is 8.49. The molecule has 1 N–H and O–H groups in total. The number of aliphatic hydroxyl groups is 1. The maximum absolute atomic E-state index is 11.0. The van der Waals surface area contributed by atoms with Crippen molar-refractivity contribution in [1.29, 1.82) is 0 Å². The second-order valence-corrected chi connectivity index (χ2v) is 4.97.